The molecule has 2 aromatic rings. The maximum Gasteiger partial charge on any atom is 0.240 e. The third kappa shape index (κ3) is 5.33. The number of sulfonamides is 1. The Morgan fingerprint density at radius 2 is 1.67 bits per heavy atom. The summed E-state index contributed by atoms with van der Waals surface area (Å²) in [7, 11) is -3.44. The summed E-state index contributed by atoms with van der Waals surface area (Å²) in [4.78, 5) is 2.82. The first-order chi connectivity index (χ1) is 13.0. The molecular weight excluding hydrogens is 356 g/mol. The Labute approximate surface area is 163 Å². The molecule has 0 bridgehead atoms. The van der Waals surface area contributed by atoms with Gasteiger partial charge in [-0.3, -0.25) is 0 Å². The van der Waals surface area contributed by atoms with Crippen molar-refractivity contribution >= 4 is 15.7 Å². The van der Waals surface area contributed by atoms with E-state index >= 15 is 0 Å². The van der Waals surface area contributed by atoms with E-state index in [-0.39, 0.29) is 0 Å². The predicted molar refractivity (Wildman–Crippen MR) is 112 cm³/mol. The van der Waals surface area contributed by atoms with Crippen LogP contribution in [-0.4, -0.2) is 28.1 Å². The minimum Gasteiger partial charge on any atom is -0.372 e. The molecule has 27 heavy (non-hydrogen) atoms. The highest BCUT2D eigenvalue weighted by atomic mass is 32.2. The number of nitrogens with one attached hydrogen (secondary N) is 1. The third-order valence-electron chi connectivity index (χ3n) is 5.21. The Morgan fingerprint density at radius 3 is 2.33 bits per heavy atom. The maximum atomic E-state index is 12.5. The second-order valence-corrected chi connectivity index (χ2v) is 9.22. The summed E-state index contributed by atoms with van der Waals surface area (Å²) < 4.78 is 27.7. The Kier molecular flexibility index (Phi) is 6.55. The Morgan fingerprint density at radius 1 is 0.963 bits per heavy atom. The molecule has 1 fully saturated rings. The van der Waals surface area contributed by atoms with Crippen LogP contribution in [-0.2, 0) is 16.4 Å². The van der Waals surface area contributed by atoms with Gasteiger partial charge in [0.15, 0.2) is 0 Å². The number of aryl methyl sites for hydroxylation is 3. The van der Waals surface area contributed by atoms with Crippen molar-refractivity contribution in [1.29, 1.82) is 0 Å². The Bertz CT molecular complexity index is 854. The van der Waals surface area contributed by atoms with Gasteiger partial charge in [-0.05, 0) is 75.3 Å². The van der Waals surface area contributed by atoms with Crippen molar-refractivity contribution < 1.29 is 8.42 Å². The molecule has 146 valence electrons. The number of benzene rings is 2. The van der Waals surface area contributed by atoms with Crippen LogP contribution in [0.4, 0.5) is 5.69 Å². The van der Waals surface area contributed by atoms with Gasteiger partial charge in [0.25, 0.3) is 0 Å². The van der Waals surface area contributed by atoms with E-state index < -0.39 is 10.0 Å². The molecule has 1 aliphatic rings. The van der Waals surface area contributed by atoms with Gasteiger partial charge < -0.3 is 4.90 Å². The first-order valence-corrected chi connectivity index (χ1v) is 11.3. The molecule has 0 radical (unpaired) electrons. The molecule has 1 saturated heterocycles. The second-order valence-electron chi connectivity index (χ2n) is 7.48. The van der Waals surface area contributed by atoms with Crippen LogP contribution in [0.5, 0.6) is 0 Å². The summed E-state index contributed by atoms with van der Waals surface area (Å²) in [6, 6.07) is 14.2. The summed E-state index contributed by atoms with van der Waals surface area (Å²) in [5.74, 6) is 0. The van der Waals surface area contributed by atoms with Crippen molar-refractivity contribution in [2.45, 2.75) is 50.8 Å². The number of anilines is 1. The van der Waals surface area contributed by atoms with Crippen LogP contribution in [0.25, 0.3) is 0 Å². The van der Waals surface area contributed by atoms with Crippen LogP contribution >= 0.6 is 0 Å². The molecule has 0 aromatic heterocycles. The number of rotatable bonds is 7. The van der Waals surface area contributed by atoms with Crippen molar-refractivity contribution in [2.24, 2.45) is 0 Å². The molecule has 0 atom stereocenters. The second kappa shape index (κ2) is 8.89. The number of nitrogens with zero attached hydrogens (tertiary/aromatic N) is 1. The highest BCUT2D eigenvalue weighted by Gasteiger charge is 2.16. The average Bonchev–Trinajstić information content (AvgIpc) is 2.66. The summed E-state index contributed by atoms with van der Waals surface area (Å²) in [5.41, 5.74) is 4.41. The van der Waals surface area contributed by atoms with Crippen molar-refractivity contribution in [3.05, 3.63) is 59.2 Å². The minimum atomic E-state index is -3.44. The van der Waals surface area contributed by atoms with E-state index in [2.05, 4.69) is 33.9 Å². The quantitative estimate of drug-likeness (QED) is 0.726. The molecule has 1 aliphatic heterocycles. The molecule has 1 N–H and O–H groups in total. The van der Waals surface area contributed by atoms with E-state index in [9.17, 15) is 8.42 Å². The fraction of sp³-hybridized carbons (Fsp3) is 0.455. The van der Waals surface area contributed by atoms with Crippen LogP contribution in [0, 0.1) is 13.8 Å². The molecule has 0 unspecified atom stereocenters. The first kappa shape index (κ1) is 19.9. The lowest BCUT2D eigenvalue weighted by Gasteiger charge is -2.28. The van der Waals surface area contributed by atoms with Gasteiger partial charge in [-0.1, -0.05) is 29.8 Å². The molecule has 0 spiro atoms. The van der Waals surface area contributed by atoms with E-state index in [1.165, 1.54) is 30.5 Å². The van der Waals surface area contributed by atoms with E-state index in [4.69, 9.17) is 0 Å². The van der Waals surface area contributed by atoms with Crippen LogP contribution in [0.1, 0.15) is 42.4 Å². The van der Waals surface area contributed by atoms with Gasteiger partial charge in [-0.15, -0.1) is 0 Å². The van der Waals surface area contributed by atoms with Gasteiger partial charge in [0.1, 0.15) is 0 Å². The lowest BCUT2D eigenvalue weighted by Crippen LogP contribution is -2.29. The Balaban J connectivity index is 1.49. The highest BCUT2D eigenvalue weighted by Crippen LogP contribution is 2.21. The summed E-state index contributed by atoms with van der Waals surface area (Å²) in [6.07, 6.45) is 5.56. The smallest absolute Gasteiger partial charge is 0.240 e. The molecule has 3 rings (SSSR count). The van der Waals surface area contributed by atoms with Crippen molar-refractivity contribution in [1.82, 2.24) is 4.72 Å². The van der Waals surface area contributed by atoms with Crippen molar-refractivity contribution in [3.8, 4) is 0 Å². The van der Waals surface area contributed by atoms with Crippen molar-refractivity contribution in [3.63, 3.8) is 0 Å². The summed E-state index contributed by atoms with van der Waals surface area (Å²) in [5, 5.41) is 0. The van der Waals surface area contributed by atoms with Gasteiger partial charge >= 0.3 is 0 Å². The highest BCUT2D eigenvalue weighted by molar-refractivity contribution is 7.89. The van der Waals surface area contributed by atoms with Crippen molar-refractivity contribution in [2.75, 3.05) is 24.5 Å². The molecule has 1 heterocycles. The van der Waals surface area contributed by atoms with Gasteiger partial charge in [0, 0.05) is 25.3 Å². The topological polar surface area (TPSA) is 49.4 Å². The lowest BCUT2D eigenvalue weighted by molar-refractivity contribution is 0.577. The van der Waals surface area contributed by atoms with Crippen LogP contribution in [0.3, 0.4) is 0 Å². The number of hydrogen-bond acceptors (Lipinski definition) is 3. The Hall–Kier alpha value is -1.85. The molecular formula is C22H30N2O2S. The zero-order chi connectivity index (χ0) is 19.3. The van der Waals surface area contributed by atoms with Gasteiger partial charge in [-0.2, -0.15) is 0 Å². The van der Waals surface area contributed by atoms with Gasteiger partial charge in [-0.25, -0.2) is 13.1 Å². The van der Waals surface area contributed by atoms with Crippen LogP contribution in [0.15, 0.2) is 47.4 Å². The zero-order valence-electron chi connectivity index (χ0n) is 16.4. The van der Waals surface area contributed by atoms with Crippen LogP contribution < -0.4 is 9.62 Å². The number of hydrogen-bond donors (Lipinski definition) is 1. The molecule has 0 amide bonds. The minimum absolute atomic E-state index is 0.374. The standard InChI is InChI=1S/C22H30N2O2S/c1-18-8-13-22(19(2)17-18)27(25,26)23-14-6-7-20-9-11-21(12-10-20)24-15-4-3-5-16-24/h8-13,17,23H,3-7,14-16H2,1-2H3. The molecule has 4 nitrogen and oxygen atoms in total. The predicted octanol–water partition coefficient (Wildman–Crippen LogP) is 4.20. The maximum absolute atomic E-state index is 12.5. The molecule has 2 aromatic carbocycles. The van der Waals surface area contributed by atoms with Gasteiger partial charge in [0.2, 0.25) is 10.0 Å². The average molecular weight is 387 g/mol. The monoisotopic (exact) mass is 386 g/mol. The normalized spacial score (nSPS) is 15.1. The molecule has 0 saturated carbocycles. The van der Waals surface area contributed by atoms with E-state index in [0.29, 0.717) is 11.4 Å². The van der Waals surface area contributed by atoms with Gasteiger partial charge in [0.05, 0.1) is 4.90 Å². The lowest BCUT2D eigenvalue weighted by atomic mass is 10.1. The summed E-state index contributed by atoms with van der Waals surface area (Å²) >= 11 is 0. The third-order valence-corrected chi connectivity index (χ3v) is 6.83. The largest absolute Gasteiger partial charge is 0.372 e. The van der Waals surface area contributed by atoms with E-state index in [1.54, 1.807) is 6.07 Å². The van der Waals surface area contributed by atoms with E-state index in [1.807, 2.05) is 26.0 Å². The van der Waals surface area contributed by atoms with E-state index in [0.717, 1.165) is 37.1 Å². The SMILES string of the molecule is Cc1ccc(S(=O)(=O)NCCCc2ccc(N3CCCCC3)cc2)c(C)c1. The zero-order valence-corrected chi connectivity index (χ0v) is 17.2. The van der Waals surface area contributed by atoms with Crippen LogP contribution in [0.2, 0.25) is 0 Å². The summed E-state index contributed by atoms with van der Waals surface area (Å²) in [6.45, 7) is 6.56. The number of piperidine rings is 1. The molecule has 0 aliphatic carbocycles. The molecule has 5 heteroatoms. The fourth-order valence-electron chi connectivity index (χ4n) is 3.70. The first-order valence-electron chi connectivity index (χ1n) is 9.86. The fourth-order valence-corrected chi connectivity index (χ4v) is 5.00.